The third-order valence-electron chi connectivity index (χ3n) is 3.60. The van der Waals surface area contributed by atoms with Gasteiger partial charge in [0.2, 0.25) is 0 Å². The van der Waals surface area contributed by atoms with Gasteiger partial charge in [-0.2, -0.15) is 0 Å². The molecule has 1 saturated heterocycles. The highest BCUT2D eigenvalue weighted by molar-refractivity contribution is 6.34. The Morgan fingerprint density at radius 3 is 3.04 bits per heavy atom. The maximum atomic E-state index is 12.3. The number of hydrogen-bond acceptors (Lipinski definition) is 4. The van der Waals surface area contributed by atoms with E-state index in [0.717, 1.165) is 19.4 Å². The van der Waals surface area contributed by atoms with Crippen molar-refractivity contribution in [3.63, 3.8) is 0 Å². The number of carbonyl (C=O) groups excluding carboxylic acids is 1. The van der Waals surface area contributed by atoms with Crippen LogP contribution in [0, 0.1) is 0 Å². The van der Waals surface area contributed by atoms with Crippen LogP contribution in [0.4, 0.5) is 5.69 Å². The predicted octanol–water partition coefficient (Wildman–Crippen LogP) is 3.55. The number of nitrogens with zero attached hydrogens (tertiary/aromatic N) is 1. The molecule has 23 heavy (non-hydrogen) atoms. The van der Waals surface area contributed by atoms with Crippen molar-refractivity contribution in [1.29, 1.82) is 0 Å². The van der Waals surface area contributed by atoms with Crippen LogP contribution in [-0.2, 0) is 4.74 Å². The molecule has 2 heterocycles. The van der Waals surface area contributed by atoms with Gasteiger partial charge in [0.15, 0.2) is 0 Å². The molecule has 2 aromatic rings. The Labute approximate surface area is 139 Å². The van der Waals surface area contributed by atoms with Gasteiger partial charge < -0.3 is 14.8 Å². The molecule has 1 amide bonds. The number of hydrogen-bond donors (Lipinski definition) is 1. The van der Waals surface area contributed by atoms with E-state index in [1.807, 2.05) is 18.2 Å². The summed E-state index contributed by atoms with van der Waals surface area (Å²) < 4.78 is 11.3. The molecule has 0 aliphatic carbocycles. The second-order valence-corrected chi connectivity index (χ2v) is 5.66. The normalized spacial score (nSPS) is 17.0. The van der Waals surface area contributed by atoms with Crippen LogP contribution in [0.15, 0.2) is 42.7 Å². The number of ether oxygens (including phenoxy) is 2. The third-order valence-corrected chi connectivity index (χ3v) is 3.90. The summed E-state index contributed by atoms with van der Waals surface area (Å²) in [5, 5.41) is 3.13. The molecule has 5 nitrogen and oxygen atoms in total. The van der Waals surface area contributed by atoms with E-state index in [4.69, 9.17) is 21.1 Å². The van der Waals surface area contributed by atoms with E-state index in [-0.39, 0.29) is 12.0 Å². The quantitative estimate of drug-likeness (QED) is 0.909. The lowest BCUT2D eigenvalue weighted by atomic mass is 10.2. The highest BCUT2D eigenvalue weighted by Crippen LogP contribution is 2.26. The van der Waals surface area contributed by atoms with Gasteiger partial charge in [0.1, 0.15) is 12.4 Å². The monoisotopic (exact) mass is 332 g/mol. The van der Waals surface area contributed by atoms with Gasteiger partial charge in [0.25, 0.3) is 5.91 Å². The van der Waals surface area contributed by atoms with E-state index in [1.165, 1.54) is 12.4 Å². The summed E-state index contributed by atoms with van der Waals surface area (Å²) >= 11 is 6.00. The number of nitrogens with one attached hydrogen (secondary N) is 1. The molecule has 6 heteroatoms. The minimum absolute atomic E-state index is 0.119. The summed E-state index contributed by atoms with van der Waals surface area (Å²) in [7, 11) is 0. The second-order valence-electron chi connectivity index (χ2n) is 5.25. The molecule has 1 N–H and O–H groups in total. The zero-order valence-corrected chi connectivity index (χ0v) is 13.3. The lowest BCUT2D eigenvalue weighted by molar-refractivity contribution is 0.0682. The van der Waals surface area contributed by atoms with Crippen LogP contribution in [0.25, 0.3) is 0 Å². The molecule has 0 radical (unpaired) electrons. The highest BCUT2D eigenvalue weighted by Gasteiger charge is 2.17. The molecule has 1 unspecified atom stereocenters. The van der Waals surface area contributed by atoms with Crippen molar-refractivity contribution in [3.8, 4) is 5.75 Å². The van der Waals surface area contributed by atoms with E-state index in [1.54, 1.807) is 12.1 Å². The Bertz CT molecular complexity index is 687. The molecule has 120 valence electrons. The fraction of sp³-hybridized carbons (Fsp3) is 0.294. The van der Waals surface area contributed by atoms with Crippen LogP contribution in [0.1, 0.15) is 23.2 Å². The molecule has 0 saturated carbocycles. The first-order valence-corrected chi connectivity index (χ1v) is 7.86. The number of carbonyl (C=O) groups is 1. The van der Waals surface area contributed by atoms with E-state index >= 15 is 0 Å². The fourth-order valence-electron chi connectivity index (χ4n) is 2.40. The number of rotatable bonds is 5. The van der Waals surface area contributed by atoms with Gasteiger partial charge in [-0.3, -0.25) is 9.78 Å². The number of aromatic nitrogens is 1. The molecular weight excluding hydrogens is 316 g/mol. The summed E-state index contributed by atoms with van der Waals surface area (Å²) in [6, 6.07) is 8.88. The van der Waals surface area contributed by atoms with Gasteiger partial charge in [-0.05, 0) is 31.0 Å². The van der Waals surface area contributed by atoms with Crippen molar-refractivity contribution < 1.29 is 14.3 Å². The van der Waals surface area contributed by atoms with Crippen LogP contribution in [0.2, 0.25) is 5.02 Å². The van der Waals surface area contributed by atoms with Gasteiger partial charge in [-0.25, -0.2) is 0 Å². The molecule has 1 aliphatic heterocycles. The first-order valence-electron chi connectivity index (χ1n) is 7.48. The van der Waals surface area contributed by atoms with Crippen molar-refractivity contribution in [2.24, 2.45) is 0 Å². The molecule has 0 bridgehead atoms. The molecule has 1 fully saturated rings. The lowest BCUT2D eigenvalue weighted by Gasteiger charge is -2.15. The number of halogens is 1. The Morgan fingerprint density at radius 2 is 2.26 bits per heavy atom. The fourth-order valence-corrected chi connectivity index (χ4v) is 2.61. The number of amides is 1. The third kappa shape index (κ3) is 4.00. The second kappa shape index (κ2) is 7.44. The van der Waals surface area contributed by atoms with Crippen molar-refractivity contribution in [1.82, 2.24) is 4.98 Å². The first kappa shape index (κ1) is 15.8. The van der Waals surface area contributed by atoms with Crippen molar-refractivity contribution >= 4 is 23.2 Å². The topological polar surface area (TPSA) is 60.5 Å². The van der Waals surface area contributed by atoms with Crippen LogP contribution in [0.3, 0.4) is 0 Å². The zero-order valence-electron chi connectivity index (χ0n) is 12.5. The van der Waals surface area contributed by atoms with Crippen LogP contribution < -0.4 is 10.1 Å². The summed E-state index contributed by atoms with van der Waals surface area (Å²) in [5.41, 5.74) is 0.971. The SMILES string of the molecule is O=C(Nc1ccccc1OCC1CCCO1)c1ccncc1Cl. The van der Waals surface area contributed by atoms with Gasteiger partial charge in [-0.1, -0.05) is 23.7 Å². The Hall–Kier alpha value is -2.11. The molecule has 0 spiro atoms. The first-order chi connectivity index (χ1) is 11.2. The number of para-hydroxylation sites is 2. The van der Waals surface area contributed by atoms with E-state index in [2.05, 4.69) is 10.3 Å². The lowest BCUT2D eigenvalue weighted by Crippen LogP contribution is -2.18. The summed E-state index contributed by atoms with van der Waals surface area (Å²) in [6.07, 6.45) is 5.15. The van der Waals surface area contributed by atoms with Crippen molar-refractivity contribution in [2.75, 3.05) is 18.5 Å². The van der Waals surface area contributed by atoms with E-state index in [9.17, 15) is 4.79 Å². The standard InChI is InChI=1S/C17H17ClN2O3/c18-14-10-19-8-7-13(14)17(21)20-15-5-1-2-6-16(15)23-11-12-4-3-9-22-12/h1-2,5-8,10,12H,3-4,9,11H2,(H,20,21). The largest absolute Gasteiger partial charge is 0.489 e. The minimum atomic E-state index is -0.300. The van der Waals surface area contributed by atoms with E-state index in [0.29, 0.717) is 28.6 Å². The summed E-state index contributed by atoms with van der Waals surface area (Å²) in [6.45, 7) is 1.26. The van der Waals surface area contributed by atoms with Crippen LogP contribution >= 0.6 is 11.6 Å². The van der Waals surface area contributed by atoms with E-state index < -0.39 is 0 Å². The molecule has 1 aromatic carbocycles. The van der Waals surface area contributed by atoms with Gasteiger partial charge in [0.05, 0.1) is 22.4 Å². The highest BCUT2D eigenvalue weighted by atomic mass is 35.5. The number of pyridine rings is 1. The average molecular weight is 333 g/mol. The minimum Gasteiger partial charge on any atom is -0.489 e. The Balaban J connectivity index is 1.70. The van der Waals surface area contributed by atoms with Gasteiger partial charge >= 0.3 is 0 Å². The predicted molar refractivity (Wildman–Crippen MR) is 88.1 cm³/mol. The number of benzene rings is 1. The van der Waals surface area contributed by atoms with Gasteiger partial charge in [0, 0.05) is 19.0 Å². The van der Waals surface area contributed by atoms with Crippen molar-refractivity contribution in [2.45, 2.75) is 18.9 Å². The molecule has 1 atom stereocenters. The molecule has 1 aromatic heterocycles. The molecular formula is C17H17ClN2O3. The number of anilines is 1. The average Bonchev–Trinajstić information content (AvgIpc) is 3.08. The Kier molecular flexibility index (Phi) is 5.10. The molecule has 1 aliphatic rings. The Morgan fingerprint density at radius 1 is 1.39 bits per heavy atom. The summed E-state index contributed by atoms with van der Waals surface area (Å²) in [5.74, 6) is 0.312. The summed E-state index contributed by atoms with van der Waals surface area (Å²) in [4.78, 5) is 16.2. The van der Waals surface area contributed by atoms with Crippen LogP contribution in [0.5, 0.6) is 5.75 Å². The van der Waals surface area contributed by atoms with Gasteiger partial charge in [-0.15, -0.1) is 0 Å². The van der Waals surface area contributed by atoms with Crippen LogP contribution in [-0.4, -0.2) is 30.2 Å². The molecule has 3 rings (SSSR count). The maximum absolute atomic E-state index is 12.3. The smallest absolute Gasteiger partial charge is 0.257 e. The van der Waals surface area contributed by atoms with Crippen molar-refractivity contribution in [3.05, 3.63) is 53.3 Å². The maximum Gasteiger partial charge on any atom is 0.257 e. The zero-order chi connectivity index (χ0) is 16.1.